The molecule has 0 amide bonds. The zero-order valence-electron chi connectivity index (χ0n) is 19.2. The van der Waals surface area contributed by atoms with Gasteiger partial charge in [-0.1, -0.05) is 116 Å². The van der Waals surface area contributed by atoms with Gasteiger partial charge in [-0.2, -0.15) is 0 Å². The highest BCUT2D eigenvalue weighted by Gasteiger charge is 1.93. The maximum atomic E-state index is 3.62. The van der Waals surface area contributed by atoms with Crippen LogP contribution in [0, 0.1) is 0 Å². The van der Waals surface area contributed by atoms with Crippen molar-refractivity contribution >= 4 is 0 Å². The second-order valence-electron chi connectivity index (χ2n) is 8.46. The van der Waals surface area contributed by atoms with E-state index in [1.165, 1.54) is 142 Å². The minimum Gasteiger partial charge on any atom is -0.317 e. The van der Waals surface area contributed by atoms with Gasteiger partial charge >= 0.3 is 0 Å². The highest BCUT2D eigenvalue weighted by atomic mass is 14.8. The van der Waals surface area contributed by atoms with Crippen LogP contribution in [-0.2, 0) is 0 Å². The van der Waals surface area contributed by atoms with Crippen molar-refractivity contribution in [3.05, 3.63) is 12.2 Å². The van der Waals surface area contributed by atoms with Crippen LogP contribution in [0.5, 0.6) is 0 Å². The lowest BCUT2D eigenvalue weighted by Crippen LogP contribution is -2.16. The SMILES string of the molecule is CCCCCCCC/C=C\CCCCCCCCNCCCCCCCC. The van der Waals surface area contributed by atoms with E-state index in [2.05, 4.69) is 31.3 Å². The average molecular weight is 380 g/mol. The standard InChI is InChI=1S/C26H53N/c1-3-5-7-9-11-12-13-14-15-16-17-18-19-20-22-24-26-27-25-23-21-10-8-6-4-2/h14-15,27H,3-13,16-26H2,1-2H3/b15-14-. The van der Waals surface area contributed by atoms with Crippen molar-refractivity contribution in [1.82, 2.24) is 5.32 Å². The van der Waals surface area contributed by atoms with Gasteiger partial charge in [-0.15, -0.1) is 0 Å². The largest absolute Gasteiger partial charge is 0.317 e. The van der Waals surface area contributed by atoms with Gasteiger partial charge in [0.05, 0.1) is 0 Å². The summed E-state index contributed by atoms with van der Waals surface area (Å²) in [6.45, 7) is 7.04. The number of nitrogens with one attached hydrogen (secondary N) is 1. The van der Waals surface area contributed by atoms with E-state index in [1.807, 2.05) is 0 Å². The first kappa shape index (κ1) is 26.7. The summed E-state index contributed by atoms with van der Waals surface area (Å²) in [7, 11) is 0. The van der Waals surface area contributed by atoms with Gasteiger partial charge in [-0.05, 0) is 51.6 Å². The third-order valence-corrected chi connectivity index (χ3v) is 5.57. The van der Waals surface area contributed by atoms with Crippen molar-refractivity contribution in [2.24, 2.45) is 0 Å². The van der Waals surface area contributed by atoms with E-state index in [0.717, 1.165) is 0 Å². The van der Waals surface area contributed by atoms with Crippen molar-refractivity contribution < 1.29 is 0 Å². The summed E-state index contributed by atoms with van der Waals surface area (Å²) in [6, 6.07) is 0. The number of unbranched alkanes of at least 4 members (excludes halogenated alkanes) is 17. The molecule has 0 atom stereocenters. The Balaban J connectivity index is 3.03. The van der Waals surface area contributed by atoms with Gasteiger partial charge < -0.3 is 5.32 Å². The minimum absolute atomic E-state index is 1.23. The molecule has 0 aliphatic heterocycles. The zero-order valence-corrected chi connectivity index (χ0v) is 19.2. The van der Waals surface area contributed by atoms with Gasteiger partial charge in [0.2, 0.25) is 0 Å². The van der Waals surface area contributed by atoms with Gasteiger partial charge in [0.25, 0.3) is 0 Å². The minimum atomic E-state index is 1.23. The molecule has 0 spiro atoms. The van der Waals surface area contributed by atoms with Gasteiger partial charge in [0.1, 0.15) is 0 Å². The Morgan fingerprint density at radius 1 is 0.407 bits per heavy atom. The van der Waals surface area contributed by atoms with E-state index in [1.54, 1.807) is 0 Å². The van der Waals surface area contributed by atoms with Crippen LogP contribution in [0.3, 0.4) is 0 Å². The molecule has 0 bridgehead atoms. The molecule has 0 aliphatic rings. The summed E-state index contributed by atoms with van der Waals surface area (Å²) in [5.74, 6) is 0. The molecular weight excluding hydrogens is 326 g/mol. The van der Waals surface area contributed by atoms with Crippen molar-refractivity contribution in [2.75, 3.05) is 13.1 Å². The van der Waals surface area contributed by atoms with Crippen LogP contribution in [-0.4, -0.2) is 13.1 Å². The van der Waals surface area contributed by atoms with E-state index < -0.39 is 0 Å². The second kappa shape index (κ2) is 25.7. The second-order valence-corrected chi connectivity index (χ2v) is 8.46. The van der Waals surface area contributed by atoms with Crippen LogP contribution in [0.1, 0.15) is 142 Å². The topological polar surface area (TPSA) is 12.0 Å². The molecule has 1 heteroatoms. The zero-order chi connectivity index (χ0) is 19.7. The third-order valence-electron chi connectivity index (χ3n) is 5.57. The van der Waals surface area contributed by atoms with Crippen LogP contribution in [0.4, 0.5) is 0 Å². The average Bonchev–Trinajstić information content (AvgIpc) is 2.68. The maximum Gasteiger partial charge on any atom is -0.00489 e. The molecule has 162 valence electrons. The first-order valence-electron chi connectivity index (χ1n) is 12.8. The van der Waals surface area contributed by atoms with Gasteiger partial charge in [0, 0.05) is 0 Å². The predicted octanol–water partition coefficient (Wildman–Crippen LogP) is 8.97. The molecule has 0 aromatic carbocycles. The molecule has 0 fully saturated rings. The summed E-state index contributed by atoms with van der Waals surface area (Å²) in [4.78, 5) is 0. The lowest BCUT2D eigenvalue weighted by atomic mass is 10.1. The van der Waals surface area contributed by atoms with E-state index >= 15 is 0 Å². The van der Waals surface area contributed by atoms with Crippen molar-refractivity contribution in [1.29, 1.82) is 0 Å². The molecule has 0 saturated carbocycles. The van der Waals surface area contributed by atoms with Crippen LogP contribution in [0.25, 0.3) is 0 Å². The molecule has 0 heterocycles. The molecule has 0 radical (unpaired) electrons. The first-order valence-corrected chi connectivity index (χ1v) is 12.8. The van der Waals surface area contributed by atoms with E-state index in [9.17, 15) is 0 Å². The summed E-state index contributed by atoms with van der Waals surface area (Å²) in [5, 5.41) is 3.62. The van der Waals surface area contributed by atoms with E-state index in [0.29, 0.717) is 0 Å². The molecule has 1 N–H and O–H groups in total. The molecule has 0 unspecified atom stereocenters. The molecule has 0 rings (SSSR count). The Labute approximate surface area is 173 Å². The normalized spacial score (nSPS) is 11.6. The number of hydrogen-bond donors (Lipinski definition) is 1. The first-order chi connectivity index (χ1) is 13.4. The van der Waals surface area contributed by atoms with Gasteiger partial charge in [0.15, 0.2) is 0 Å². The molecule has 0 aromatic heterocycles. The Hall–Kier alpha value is -0.300. The Morgan fingerprint density at radius 2 is 0.741 bits per heavy atom. The Bertz CT molecular complexity index is 271. The van der Waals surface area contributed by atoms with Gasteiger partial charge in [-0.25, -0.2) is 0 Å². The Kier molecular flexibility index (Phi) is 25.4. The van der Waals surface area contributed by atoms with E-state index in [4.69, 9.17) is 0 Å². The molecular formula is C26H53N. The van der Waals surface area contributed by atoms with Crippen molar-refractivity contribution in [3.63, 3.8) is 0 Å². The maximum absolute atomic E-state index is 3.62. The fraction of sp³-hybridized carbons (Fsp3) is 0.923. The van der Waals surface area contributed by atoms with Crippen LogP contribution in [0.15, 0.2) is 12.2 Å². The fourth-order valence-electron chi connectivity index (χ4n) is 3.65. The van der Waals surface area contributed by atoms with E-state index in [-0.39, 0.29) is 0 Å². The summed E-state index contributed by atoms with van der Waals surface area (Å²) in [5.41, 5.74) is 0. The highest BCUT2D eigenvalue weighted by Crippen LogP contribution is 2.10. The predicted molar refractivity (Wildman–Crippen MR) is 126 cm³/mol. The smallest absolute Gasteiger partial charge is 0.00489 e. The fourth-order valence-corrected chi connectivity index (χ4v) is 3.65. The number of hydrogen-bond acceptors (Lipinski definition) is 1. The monoisotopic (exact) mass is 379 g/mol. The summed E-state index contributed by atoms with van der Waals surface area (Å²) < 4.78 is 0. The molecule has 27 heavy (non-hydrogen) atoms. The highest BCUT2D eigenvalue weighted by molar-refractivity contribution is 4.81. The Morgan fingerprint density at radius 3 is 1.15 bits per heavy atom. The number of rotatable bonds is 23. The number of allylic oxidation sites excluding steroid dienone is 2. The molecule has 0 aliphatic carbocycles. The third kappa shape index (κ3) is 25.7. The quantitative estimate of drug-likeness (QED) is 0.138. The lowest BCUT2D eigenvalue weighted by Gasteiger charge is -2.05. The summed E-state index contributed by atoms with van der Waals surface area (Å²) >= 11 is 0. The van der Waals surface area contributed by atoms with Crippen molar-refractivity contribution in [3.8, 4) is 0 Å². The van der Waals surface area contributed by atoms with Crippen LogP contribution in [0.2, 0.25) is 0 Å². The molecule has 0 aromatic rings. The van der Waals surface area contributed by atoms with Crippen LogP contribution < -0.4 is 5.32 Å². The lowest BCUT2D eigenvalue weighted by molar-refractivity contribution is 0.541. The van der Waals surface area contributed by atoms with Crippen molar-refractivity contribution in [2.45, 2.75) is 142 Å². The van der Waals surface area contributed by atoms with Crippen LogP contribution >= 0.6 is 0 Å². The molecule has 1 nitrogen and oxygen atoms in total. The summed E-state index contributed by atoms with van der Waals surface area (Å²) in [6.07, 6.45) is 32.8. The molecule has 0 saturated heterocycles. The van der Waals surface area contributed by atoms with Gasteiger partial charge in [-0.3, -0.25) is 0 Å².